The standard InChI is InChI=1S/C24H24N2O5/c1-16(31-24(29)21-11-6-17-4-2-3-5-20(17)22(21)27)23(28)25-18-7-9-19(10-8-18)26-12-14-30-15-13-26/h2-11,16,27H,12-15H2,1H3,(H,25,28)/t16-/m0/s1. The first kappa shape index (κ1) is 20.7. The van der Waals surface area contributed by atoms with Crippen molar-refractivity contribution in [2.75, 3.05) is 36.5 Å². The third kappa shape index (κ3) is 4.62. The fourth-order valence-electron chi connectivity index (χ4n) is 3.52. The summed E-state index contributed by atoms with van der Waals surface area (Å²) in [5.41, 5.74) is 1.69. The third-order valence-corrected chi connectivity index (χ3v) is 5.28. The number of hydrogen-bond acceptors (Lipinski definition) is 6. The van der Waals surface area contributed by atoms with Crippen molar-refractivity contribution < 1.29 is 24.2 Å². The summed E-state index contributed by atoms with van der Waals surface area (Å²) in [7, 11) is 0. The molecule has 31 heavy (non-hydrogen) atoms. The Balaban J connectivity index is 1.38. The second-order valence-corrected chi connectivity index (χ2v) is 7.37. The highest BCUT2D eigenvalue weighted by Crippen LogP contribution is 2.29. The fourth-order valence-corrected chi connectivity index (χ4v) is 3.52. The molecule has 1 aliphatic heterocycles. The molecule has 0 saturated carbocycles. The zero-order valence-electron chi connectivity index (χ0n) is 17.2. The summed E-state index contributed by atoms with van der Waals surface area (Å²) in [5, 5.41) is 14.5. The number of aromatic hydroxyl groups is 1. The molecule has 160 valence electrons. The minimum absolute atomic E-state index is 0.0215. The Kier molecular flexibility index (Phi) is 6.04. The molecular weight excluding hydrogens is 396 g/mol. The van der Waals surface area contributed by atoms with Crippen molar-refractivity contribution in [3.63, 3.8) is 0 Å². The summed E-state index contributed by atoms with van der Waals surface area (Å²) in [6.07, 6.45) is -1.03. The summed E-state index contributed by atoms with van der Waals surface area (Å²) in [4.78, 5) is 27.2. The zero-order chi connectivity index (χ0) is 21.8. The van der Waals surface area contributed by atoms with Gasteiger partial charge in [-0.25, -0.2) is 4.79 Å². The lowest BCUT2D eigenvalue weighted by Gasteiger charge is -2.28. The average molecular weight is 420 g/mol. The van der Waals surface area contributed by atoms with Gasteiger partial charge in [0.05, 0.1) is 13.2 Å². The van der Waals surface area contributed by atoms with Crippen LogP contribution in [0.2, 0.25) is 0 Å². The van der Waals surface area contributed by atoms with Crippen LogP contribution in [0.5, 0.6) is 5.75 Å². The van der Waals surface area contributed by atoms with Gasteiger partial charge in [0.1, 0.15) is 11.3 Å². The monoisotopic (exact) mass is 420 g/mol. The quantitative estimate of drug-likeness (QED) is 0.614. The van der Waals surface area contributed by atoms with Gasteiger partial charge in [-0.2, -0.15) is 0 Å². The van der Waals surface area contributed by atoms with E-state index in [0.717, 1.165) is 24.2 Å². The van der Waals surface area contributed by atoms with E-state index in [-0.39, 0.29) is 11.3 Å². The number of nitrogens with zero attached hydrogens (tertiary/aromatic N) is 1. The van der Waals surface area contributed by atoms with E-state index in [1.165, 1.54) is 13.0 Å². The predicted octanol–water partition coefficient (Wildman–Crippen LogP) is 3.57. The van der Waals surface area contributed by atoms with E-state index in [9.17, 15) is 14.7 Å². The SMILES string of the molecule is C[C@H](OC(=O)c1ccc2ccccc2c1O)C(=O)Nc1ccc(N2CCOCC2)cc1. The number of esters is 1. The van der Waals surface area contributed by atoms with Crippen LogP contribution < -0.4 is 10.2 Å². The van der Waals surface area contributed by atoms with Crippen molar-refractivity contribution in [3.05, 3.63) is 66.2 Å². The Hall–Kier alpha value is -3.58. The molecule has 1 saturated heterocycles. The van der Waals surface area contributed by atoms with Crippen molar-refractivity contribution in [1.82, 2.24) is 0 Å². The van der Waals surface area contributed by atoms with E-state index in [4.69, 9.17) is 9.47 Å². The maximum atomic E-state index is 12.5. The van der Waals surface area contributed by atoms with Crippen LogP contribution in [0.25, 0.3) is 10.8 Å². The smallest absolute Gasteiger partial charge is 0.342 e. The van der Waals surface area contributed by atoms with E-state index < -0.39 is 18.0 Å². The van der Waals surface area contributed by atoms with Crippen molar-refractivity contribution >= 4 is 34.0 Å². The molecule has 1 fully saturated rings. The second-order valence-electron chi connectivity index (χ2n) is 7.37. The Morgan fingerprint density at radius 3 is 2.48 bits per heavy atom. The molecule has 4 rings (SSSR count). The highest BCUT2D eigenvalue weighted by atomic mass is 16.5. The topological polar surface area (TPSA) is 88.1 Å². The molecule has 3 aromatic carbocycles. The normalized spacial score (nSPS) is 14.8. The molecule has 0 aliphatic carbocycles. The number of rotatable bonds is 5. The number of carbonyl (C=O) groups excluding carboxylic acids is 2. The van der Waals surface area contributed by atoms with Gasteiger partial charge in [0.2, 0.25) is 0 Å². The maximum Gasteiger partial charge on any atom is 0.342 e. The molecule has 0 spiro atoms. The molecule has 2 N–H and O–H groups in total. The van der Waals surface area contributed by atoms with Gasteiger partial charge in [-0.15, -0.1) is 0 Å². The van der Waals surface area contributed by atoms with E-state index in [1.807, 2.05) is 36.4 Å². The molecule has 1 aliphatic rings. The second kappa shape index (κ2) is 9.06. The number of hydrogen-bond donors (Lipinski definition) is 2. The first-order valence-corrected chi connectivity index (χ1v) is 10.2. The number of benzene rings is 3. The third-order valence-electron chi connectivity index (χ3n) is 5.28. The number of anilines is 2. The predicted molar refractivity (Wildman–Crippen MR) is 119 cm³/mol. The lowest BCUT2D eigenvalue weighted by atomic mass is 10.1. The van der Waals surface area contributed by atoms with Crippen molar-refractivity contribution in [2.45, 2.75) is 13.0 Å². The van der Waals surface area contributed by atoms with Crippen molar-refractivity contribution in [1.29, 1.82) is 0 Å². The number of nitrogens with one attached hydrogen (secondary N) is 1. The molecule has 0 radical (unpaired) electrons. The van der Waals surface area contributed by atoms with Gasteiger partial charge in [0.25, 0.3) is 5.91 Å². The largest absolute Gasteiger partial charge is 0.506 e. The zero-order valence-corrected chi connectivity index (χ0v) is 17.2. The summed E-state index contributed by atoms with van der Waals surface area (Å²) >= 11 is 0. The molecule has 7 heteroatoms. The summed E-state index contributed by atoms with van der Waals surface area (Å²) in [5.74, 6) is -1.37. The fraction of sp³-hybridized carbons (Fsp3) is 0.250. The number of morpholine rings is 1. The van der Waals surface area contributed by atoms with Gasteiger partial charge in [0, 0.05) is 29.9 Å². The van der Waals surface area contributed by atoms with Gasteiger partial charge in [-0.05, 0) is 42.6 Å². The molecule has 3 aromatic rings. The van der Waals surface area contributed by atoms with Gasteiger partial charge in [-0.3, -0.25) is 4.79 Å². The molecule has 0 bridgehead atoms. The molecular formula is C24H24N2O5. The number of carbonyl (C=O) groups is 2. The molecule has 0 unspecified atom stereocenters. The average Bonchev–Trinajstić information content (AvgIpc) is 2.80. The van der Waals surface area contributed by atoms with Crippen LogP contribution in [0.4, 0.5) is 11.4 Å². The maximum absolute atomic E-state index is 12.5. The van der Waals surface area contributed by atoms with Crippen LogP contribution in [0.3, 0.4) is 0 Å². The number of phenols is 1. The molecule has 1 amide bonds. The summed E-state index contributed by atoms with van der Waals surface area (Å²) in [6, 6.07) is 17.9. The molecule has 1 heterocycles. The van der Waals surface area contributed by atoms with Crippen LogP contribution >= 0.6 is 0 Å². The lowest BCUT2D eigenvalue weighted by molar-refractivity contribution is -0.123. The van der Waals surface area contributed by atoms with Crippen LogP contribution in [-0.4, -0.2) is 49.4 Å². The van der Waals surface area contributed by atoms with Crippen LogP contribution in [0.15, 0.2) is 60.7 Å². The van der Waals surface area contributed by atoms with E-state index in [0.29, 0.717) is 24.3 Å². The first-order chi connectivity index (χ1) is 15.0. The van der Waals surface area contributed by atoms with Gasteiger partial charge in [-0.1, -0.05) is 30.3 Å². The number of amides is 1. The van der Waals surface area contributed by atoms with Crippen LogP contribution in [0, 0.1) is 0 Å². The van der Waals surface area contributed by atoms with Crippen molar-refractivity contribution in [3.8, 4) is 5.75 Å². The Morgan fingerprint density at radius 2 is 1.74 bits per heavy atom. The first-order valence-electron chi connectivity index (χ1n) is 10.2. The summed E-state index contributed by atoms with van der Waals surface area (Å²) < 4.78 is 10.6. The minimum atomic E-state index is -1.03. The number of fused-ring (bicyclic) bond motifs is 1. The Labute approximate surface area is 180 Å². The number of ether oxygens (including phenoxy) is 2. The molecule has 7 nitrogen and oxygen atoms in total. The Morgan fingerprint density at radius 1 is 1.03 bits per heavy atom. The van der Waals surface area contributed by atoms with E-state index in [1.54, 1.807) is 18.2 Å². The van der Waals surface area contributed by atoms with Gasteiger partial charge in [0.15, 0.2) is 6.10 Å². The minimum Gasteiger partial charge on any atom is -0.506 e. The highest BCUT2D eigenvalue weighted by Gasteiger charge is 2.22. The molecule has 0 aromatic heterocycles. The Bertz CT molecular complexity index is 1090. The van der Waals surface area contributed by atoms with Gasteiger partial charge >= 0.3 is 5.97 Å². The van der Waals surface area contributed by atoms with Crippen LogP contribution in [0.1, 0.15) is 17.3 Å². The summed E-state index contributed by atoms with van der Waals surface area (Å²) in [6.45, 7) is 4.57. The molecule has 1 atom stereocenters. The van der Waals surface area contributed by atoms with Crippen molar-refractivity contribution in [2.24, 2.45) is 0 Å². The van der Waals surface area contributed by atoms with E-state index >= 15 is 0 Å². The highest BCUT2D eigenvalue weighted by molar-refractivity contribution is 6.02. The lowest BCUT2D eigenvalue weighted by Crippen LogP contribution is -2.36. The van der Waals surface area contributed by atoms with Gasteiger partial charge < -0.3 is 24.8 Å². The number of phenolic OH excluding ortho intramolecular Hbond substituents is 1. The van der Waals surface area contributed by atoms with E-state index in [2.05, 4.69) is 10.2 Å². The van der Waals surface area contributed by atoms with Crippen LogP contribution in [-0.2, 0) is 14.3 Å².